The highest BCUT2D eigenvalue weighted by Gasteiger charge is 2.28. The predicted molar refractivity (Wildman–Crippen MR) is 124 cm³/mol. The Kier molecular flexibility index (Phi) is 8.97. The van der Waals surface area contributed by atoms with E-state index in [2.05, 4.69) is 10.6 Å². The van der Waals surface area contributed by atoms with Crippen molar-refractivity contribution in [2.24, 2.45) is 0 Å². The molecule has 8 heteroatoms. The van der Waals surface area contributed by atoms with Gasteiger partial charge in [0.15, 0.2) is 0 Å². The lowest BCUT2D eigenvalue weighted by Crippen LogP contribution is -2.46. The summed E-state index contributed by atoms with van der Waals surface area (Å²) in [7, 11) is 1.51. The molecule has 2 amide bonds. The average Bonchev–Trinajstić information content (AvgIpc) is 3.38. The first kappa shape index (κ1) is 24.4. The van der Waals surface area contributed by atoms with Gasteiger partial charge >= 0.3 is 12.1 Å². The van der Waals surface area contributed by atoms with Crippen molar-refractivity contribution >= 4 is 18.0 Å². The number of ether oxygens (including phenoxy) is 1. The Labute approximate surface area is 193 Å². The molecule has 1 aliphatic rings. The molecule has 3 N–H and O–H groups in total. The highest BCUT2D eigenvalue weighted by molar-refractivity contribution is 5.94. The first-order chi connectivity index (χ1) is 15.9. The Morgan fingerprint density at radius 2 is 1.79 bits per heavy atom. The van der Waals surface area contributed by atoms with E-state index in [4.69, 9.17) is 4.74 Å². The second kappa shape index (κ2) is 12.1. The standard InChI is InChI=1S/C25H31N3O5/c1-28(25(32)33-24(31)20-13-8-15-26-20)16-14-22(29)21(17-18-9-4-2-5-10-18)27-23(30)19-11-6-3-7-12-19/h2-7,9-12,20-22,26,29H,8,13-17H2,1H3,(H,27,30)/t20-,21?,22?/m0/s1. The number of rotatable bonds is 9. The van der Waals surface area contributed by atoms with Gasteiger partial charge in [-0.1, -0.05) is 48.5 Å². The number of amides is 2. The van der Waals surface area contributed by atoms with Crippen LogP contribution >= 0.6 is 0 Å². The van der Waals surface area contributed by atoms with E-state index in [1.807, 2.05) is 36.4 Å². The third-order valence-corrected chi connectivity index (χ3v) is 5.72. The highest BCUT2D eigenvalue weighted by Crippen LogP contribution is 2.12. The lowest BCUT2D eigenvalue weighted by atomic mass is 9.98. The molecule has 176 valence electrons. The zero-order chi connectivity index (χ0) is 23.6. The van der Waals surface area contributed by atoms with Crippen molar-refractivity contribution in [3.05, 3.63) is 71.8 Å². The number of hydrogen-bond acceptors (Lipinski definition) is 6. The van der Waals surface area contributed by atoms with Crippen LogP contribution in [0.4, 0.5) is 4.79 Å². The lowest BCUT2D eigenvalue weighted by molar-refractivity contribution is -0.140. The molecule has 1 fully saturated rings. The molecule has 0 spiro atoms. The Morgan fingerprint density at radius 1 is 1.12 bits per heavy atom. The molecule has 1 heterocycles. The van der Waals surface area contributed by atoms with Crippen molar-refractivity contribution in [1.82, 2.24) is 15.5 Å². The molecule has 0 saturated carbocycles. The van der Waals surface area contributed by atoms with Crippen LogP contribution in [0.3, 0.4) is 0 Å². The van der Waals surface area contributed by atoms with Crippen molar-refractivity contribution in [3.63, 3.8) is 0 Å². The largest absolute Gasteiger partial charge is 0.417 e. The Hall–Kier alpha value is -3.23. The van der Waals surface area contributed by atoms with Crippen LogP contribution in [0.2, 0.25) is 0 Å². The molecule has 0 aromatic heterocycles. The van der Waals surface area contributed by atoms with Gasteiger partial charge in [-0.2, -0.15) is 0 Å². The van der Waals surface area contributed by atoms with E-state index in [0.717, 1.165) is 18.5 Å². The first-order valence-corrected chi connectivity index (χ1v) is 11.2. The number of carbonyl (C=O) groups excluding carboxylic acids is 3. The van der Waals surface area contributed by atoms with Crippen molar-refractivity contribution < 1.29 is 24.2 Å². The van der Waals surface area contributed by atoms with E-state index in [9.17, 15) is 19.5 Å². The fourth-order valence-corrected chi connectivity index (χ4v) is 3.73. The SMILES string of the molecule is CN(CCC(O)C(Cc1ccccc1)NC(=O)c1ccccc1)C(=O)OC(=O)[C@@H]1CCCN1. The number of aliphatic hydroxyl groups is 1. The summed E-state index contributed by atoms with van der Waals surface area (Å²) in [4.78, 5) is 38.2. The molecule has 0 radical (unpaired) electrons. The van der Waals surface area contributed by atoms with Crippen LogP contribution in [0.25, 0.3) is 0 Å². The maximum atomic E-state index is 12.7. The molecular weight excluding hydrogens is 422 g/mol. The molecule has 8 nitrogen and oxygen atoms in total. The molecule has 3 rings (SSSR count). The normalized spacial score (nSPS) is 17.1. The molecule has 1 saturated heterocycles. The summed E-state index contributed by atoms with van der Waals surface area (Å²) in [6, 6.07) is 17.4. The van der Waals surface area contributed by atoms with Crippen LogP contribution in [0.1, 0.15) is 35.2 Å². The summed E-state index contributed by atoms with van der Waals surface area (Å²) in [6.45, 7) is 0.894. The van der Waals surface area contributed by atoms with Crippen molar-refractivity contribution in [2.45, 2.75) is 43.9 Å². The smallest absolute Gasteiger partial charge is 0.391 e. The third kappa shape index (κ3) is 7.40. The number of aliphatic hydroxyl groups excluding tert-OH is 1. The number of benzene rings is 2. The van der Waals surface area contributed by atoms with Crippen molar-refractivity contribution in [1.29, 1.82) is 0 Å². The number of nitrogens with zero attached hydrogens (tertiary/aromatic N) is 1. The van der Waals surface area contributed by atoms with Crippen LogP contribution < -0.4 is 10.6 Å². The van der Waals surface area contributed by atoms with Crippen LogP contribution in [-0.2, 0) is 16.0 Å². The second-order valence-corrected chi connectivity index (χ2v) is 8.25. The zero-order valence-electron chi connectivity index (χ0n) is 18.8. The number of hydrogen-bond donors (Lipinski definition) is 3. The van der Waals surface area contributed by atoms with Crippen molar-refractivity contribution in [2.75, 3.05) is 20.1 Å². The summed E-state index contributed by atoms with van der Waals surface area (Å²) in [5.74, 6) is -0.861. The Balaban J connectivity index is 1.57. The van der Waals surface area contributed by atoms with E-state index < -0.39 is 30.3 Å². The van der Waals surface area contributed by atoms with E-state index in [-0.39, 0.29) is 18.9 Å². The van der Waals surface area contributed by atoms with Gasteiger partial charge in [0.1, 0.15) is 6.04 Å². The molecule has 0 bridgehead atoms. The van der Waals surface area contributed by atoms with E-state index in [1.165, 1.54) is 11.9 Å². The third-order valence-electron chi connectivity index (χ3n) is 5.72. The minimum atomic E-state index is -0.916. The van der Waals surface area contributed by atoms with E-state index >= 15 is 0 Å². The van der Waals surface area contributed by atoms with Crippen LogP contribution in [0.15, 0.2) is 60.7 Å². The maximum absolute atomic E-state index is 12.7. The maximum Gasteiger partial charge on any atom is 0.417 e. The molecule has 1 aliphatic heterocycles. The van der Waals surface area contributed by atoms with Gasteiger partial charge in [0.05, 0.1) is 12.1 Å². The van der Waals surface area contributed by atoms with Crippen LogP contribution in [-0.4, -0.2) is 66.3 Å². The fourth-order valence-electron chi connectivity index (χ4n) is 3.73. The van der Waals surface area contributed by atoms with Crippen LogP contribution in [0, 0.1) is 0 Å². The van der Waals surface area contributed by atoms with Gasteiger partial charge in [-0.05, 0) is 49.9 Å². The second-order valence-electron chi connectivity index (χ2n) is 8.25. The number of carbonyl (C=O) groups is 3. The summed E-state index contributed by atoms with van der Waals surface area (Å²) in [6.07, 6.45) is 0.480. The van der Waals surface area contributed by atoms with Gasteiger partial charge in [-0.15, -0.1) is 0 Å². The molecule has 0 aliphatic carbocycles. The summed E-state index contributed by atoms with van der Waals surface area (Å²) >= 11 is 0. The molecule has 2 aromatic rings. The first-order valence-electron chi connectivity index (χ1n) is 11.2. The fraction of sp³-hybridized carbons (Fsp3) is 0.400. The van der Waals surface area contributed by atoms with Gasteiger partial charge in [0.2, 0.25) is 0 Å². The Morgan fingerprint density at radius 3 is 2.42 bits per heavy atom. The molecule has 2 unspecified atom stereocenters. The summed E-state index contributed by atoms with van der Waals surface area (Å²) < 4.78 is 4.94. The molecule has 3 atom stereocenters. The minimum Gasteiger partial charge on any atom is -0.391 e. The Bertz CT molecular complexity index is 916. The van der Waals surface area contributed by atoms with Crippen molar-refractivity contribution in [3.8, 4) is 0 Å². The van der Waals surface area contributed by atoms with Gasteiger partial charge in [0, 0.05) is 19.2 Å². The lowest BCUT2D eigenvalue weighted by Gasteiger charge is -2.26. The quantitative estimate of drug-likeness (QED) is 0.397. The van der Waals surface area contributed by atoms with E-state index in [0.29, 0.717) is 18.4 Å². The summed E-state index contributed by atoms with van der Waals surface area (Å²) in [5, 5.41) is 16.8. The predicted octanol–water partition coefficient (Wildman–Crippen LogP) is 2.13. The topological polar surface area (TPSA) is 108 Å². The average molecular weight is 454 g/mol. The molecule has 33 heavy (non-hydrogen) atoms. The molecule has 2 aromatic carbocycles. The number of esters is 1. The van der Waals surface area contributed by atoms with Gasteiger partial charge in [-0.3, -0.25) is 4.79 Å². The zero-order valence-corrected chi connectivity index (χ0v) is 18.8. The van der Waals surface area contributed by atoms with E-state index in [1.54, 1.807) is 24.3 Å². The summed E-state index contributed by atoms with van der Waals surface area (Å²) in [5.41, 5.74) is 1.47. The van der Waals surface area contributed by atoms with Crippen LogP contribution in [0.5, 0.6) is 0 Å². The highest BCUT2D eigenvalue weighted by atomic mass is 16.6. The van der Waals surface area contributed by atoms with Gasteiger partial charge < -0.3 is 25.4 Å². The minimum absolute atomic E-state index is 0.165. The molecular formula is C25H31N3O5. The number of nitrogens with one attached hydrogen (secondary N) is 2. The van der Waals surface area contributed by atoms with Gasteiger partial charge in [0.25, 0.3) is 5.91 Å². The monoisotopic (exact) mass is 453 g/mol. The van der Waals surface area contributed by atoms with Gasteiger partial charge in [-0.25, -0.2) is 9.59 Å².